The molecule has 1 aliphatic carbocycles. The van der Waals surface area contributed by atoms with Gasteiger partial charge in [0.05, 0.1) is 6.54 Å². The highest BCUT2D eigenvalue weighted by atomic mass is 35.5. The van der Waals surface area contributed by atoms with E-state index in [1.807, 2.05) is 24.3 Å². The molecule has 4 rings (SSSR count). The molecule has 0 spiro atoms. The lowest BCUT2D eigenvalue weighted by Gasteiger charge is -2.22. The molecular weight excluding hydrogens is 359 g/mol. The smallest absolute Gasteiger partial charge is 0.179 e. The van der Waals surface area contributed by atoms with E-state index in [4.69, 9.17) is 23.2 Å². The summed E-state index contributed by atoms with van der Waals surface area (Å²) in [6.45, 7) is 0.477. The number of hydrogen-bond acceptors (Lipinski definition) is 5. The summed E-state index contributed by atoms with van der Waals surface area (Å²) < 4.78 is 1.72. The number of fused-ring (bicyclic) bond motifs is 1. The largest absolute Gasteiger partial charge is 0.364 e. The topological polar surface area (TPSA) is 68.5 Å². The van der Waals surface area contributed by atoms with Gasteiger partial charge in [-0.3, -0.25) is 0 Å². The van der Waals surface area contributed by atoms with Gasteiger partial charge in [-0.2, -0.15) is 0 Å². The van der Waals surface area contributed by atoms with Crippen LogP contribution in [0, 0.1) is 0 Å². The number of aromatic nitrogens is 5. The molecule has 0 radical (unpaired) electrons. The van der Waals surface area contributed by atoms with Crippen molar-refractivity contribution in [2.75, 3.05) is 5.32 Å². The monoisotopic (exact) mass is 376 g/mol. The third kappa shape index (κ3) is 3.41. The first-order chi connectivity index (χ1) is 12.2. The first-order valence-electron chi connectivity index (χ1n) is 8.47. The molecule has 1 aromatic carbocycles. The maximum Gasteiger partial charge on any atom is 0.179 e. The van der Waals surface area contributed by atoms with Crippen molar-refractivity contribution in [1.82, 2.24) is 25.2 Å². The minimum absolute atomic E-state index is 0.293. The maximum atomic E-state index is 6.29. The van der Waals surface area contributed by atoms with Gasteiger partial charge in [-0.15, -0.1) is 15.3 Å². The Labute approximate surface area is 155 Å². The van der Waals surface area contributed by atoms with Gasteiger partial charge in [0.1, 0.15) is 5.52 Å². The van der Waals surface area contributed by atoms with Crippen LogP contribution in [0.3, 0.4) is 0 Å². The number of anilines is 1. The van der Waals surface area contributed by atoms with Crippen molar-refractivity contribution in [1.29, 1.82) is 0 Å². The van der Waals surface area contributed by atoms with Gasteiger partial charge in [-0.05, 0) is 24.5 Å². The number of hydrogen-bond donors (Lipinski definition) is 1. The molecule has 25 heavy (non-hydrogen) atoms. The summed E-state index contributed by atoms with van der Waals surface area (Å²) in [4.78, 5) is 0. The number of nitrogens with zero attached hydrogens (tertiary/aromatic N) is 5. The molecule has 0 bridgehead atoms. The van der Waals surface area contributed by atoms with E-state index in [1.165, 1.54) is 19.3 Å². The number of nitrogens with one attached hydrogen (secondary N) is 1. The van der Waals surface area contributed by atoms with Gasteiger partial charge in [0.2, 0.25) is 0 Å². The summed E-state index contributed by atoms with van der Waals surface area (Å²) in [7, 11) is 0. The van der Waals surface area contributed by atoms with Gasteiger partial charge in [0, 0.05) is 11.1 Å². The second-order valence-corrected chi connectivity index (χ2v) is 7.12. The quantitative estimate of drug-likeness (QED) is 0.733. The number of rotatable bonds is 4. The van der Waals surface area contributed by atoms with E-state index in [9.17, 15) is 0 Å². The average molecular weight is 377 g/mol. The Hall–Kier alpha value is -1.92. The minimum Gasteiger partial charge on any atom is -0.364 e. The fourth-order valence-corrected chi connectivity index (χ4v) is 3.72. The van der Waals surface area contributed by atoms with Crippen LogP contribution in [0.2, 0.25) is 10.2 Å². The Morgan fingerprint density at radius 1 is 1.04 bits per heavy atom. The first-order valence-corrected chi connectivity index (χ1v) is 9.23. The molecule has 0 saturated heterocycles. The second kappa shape index (κ2) is 7.14. The van der Waals surface area contributed by atoms with E-state index < -0.39 is 0 Å². The Kier molecular flexibility index (Phi) is 4.72. The fourth-order valence-electron chi connectivity index (χ4n) is 3.30. The van der Waals surface area contributed by atoms with E-state index in [0.29, 0.717) is 39.6 Å². The summed E-state index contributed by atoms with van der Waals surface area (Å²) >= 11 is 12.5. The van der Waals surface area contributed by atoms with Crippen LogP contribution < -0.4 is 5.32 Å². The molecule has 1 N–H and O–H groups in total. The van der Waals surface area contributed by atoms with Crippen molar-refractivity contribution in [2.24, 2.45) is 0 Å². The van der Waals surface area contributed by atoms with Gasteiger partial charge >= 0.3 is 0 Å². The second-order valence-electron chi connectivity index (χ2n) is 6.35. The average Bonchev–Trinajstić information content (AvgIpc) is 3.05. The van der Waals surface area contributed by atoms with Crippen LogP contribution in [-0.2, 0) is 6.54 Å². The molecule has 0 atom stereocenters. The van der Waals surface area contributed by atoms with Gasteiger partial charge in [0.15, 0.2) is 16.5 Å². The molecular formula is C17H18Cl2N6. The standard InChI is InChI=1S/C17H18Cl2N6/c18-13-9-5-4-6-11(13)10-25-15-14(21-24-25)17(23-22-16(15)19)20-12-7-2-1-3-8-12/h4-6,9,12H,1-3,7-8,10H2,(H,20,23). The molecule has 2 aromatic heterocycles. The summed E-state index contributed by atoms with van der Waals surface area (Å²) in [5.41, 5.74) is 2.28. The van der Waals surface area contributed by atoms with Gasteiger partial charge in [-0.1, -0.05) is 65.9 Å². The Balaban J connectivity index is 1.68. The Morgan fingerprint density at radius 3 is 2.64 bits per heavy atom. The van der Waals surface area contributed by atoms with Crippen LogP contribution in [0.1, 0.15) is 37.7 Å². The van der Waals surface area contributed by atoms with Crippen molar-refractivity contribution in [2.45, 2.75) is 44.7 Å². The first kappa shape index (κ1) is 16.5. The molecule has 2 heterocycles. The number of benzene rings is 1. The normalized spacial score (nSPS) is 15.6. The third-order valence-corrected chi connectivity index (χ3v) is 5.24. The van der Waals surface area contributed by atoms with Crippen molar-refractivity contribution in [3.8, 4) is 0 Å². The molecule has 130 valence electrons. The molecule has 0 aliphatic heterocycles. The SMILES string of the molecule is Clc1ccccc1Cn1nnc2c(NC3CCCCC3)nnc(Cl)c21. The van der Waals surface area contributed by atoms with Crippen molar-refractivity contribution in [3.05, 3.63) is 40.0 Å². The molecule has 1 aliphatic rings. The lowest BCUT2D eigenvalue weighted by atomic mass is 9.95. The lowest BCUT2D eigenvalue weighted by Crippen LogP contribution is -2.23. The lowest BCUT2D eigenvalue weighted by molar-refractivity contribution is 0.462. The third-order valence-electron chi connectivity index (χ3n) is 4.62. The minimum atomic E-state index is 0.293. The van der Waals surface area contributed by atoms with Gasteiger partial charge in [-0.25, -0.2) is 4.68 Å². The van der Waals surface area contributed by atoms with Gasteiger partial charge < -0.3 is 5.32 Å². The molecule has 6 nitrogen and oxygen atoms in total. The van der Waals surface area contributed by atoms with Crippen molar-refractivity contribution in [3.63, 3.8) is 0 Å². The Bertz CT molecular complexity index is 888. The van der Waals surface area contributed by atoms with Crippen LogP contribution in [-0.4, -0.2) is 31.2 Å². The predicted octanol–water partition coefficient (Wildman–Crippen LogP) is 4.32. The highest BCUT2D eigenvalue weighted by molar-refractivity contribution is 6.34. The predicted molar refractivity (Wildman–Crippen MR) is 99.2 cm³/mol. The molecule has 1 saturated carbocycles. The Morgan fingerprint density at radius 2 is 1.84 bits per heavy atom. The summed E-state index contributed by atoms with van der Waals surface area (Å²) in [6, 6.07) is 8.06. The highest BCUT2D eigenvalue weighted by Crippen LogP contribution is 2.28. The van der Waals surface area contributed by atoms with E-state index in [1.54, 1.807) is 4.68 Å². The van der Waals surface area contributed by atoms with Crippen molar-refractivity contribution < 1.29 is 0 Å². The molecule has 8 heteroatoms. The molecule has 3 aromatic rings. The van der Waals surface area contributed by atoms with Crippen LogP contribution in [0.15, 0.2) is 24.3 Å². The molecule has 0 amide bonds. The zero-order valence-corrected chi connectivity index (χ0v) is 15.1. The maximum absolute atomic E-state index is 6.29. The molecule has 1 fully saturated rings. The summed E-state index contributed by atoms with van der Waals surface area (Å²) in [5, 5.41) is 21.3. The van der Waals surface area contributed by atoms with Gasteiger partial charge in [0.25, 0.3) is 0 Å². The van der Waals surface area contributed by atoms with E-state index >= 15 is 0 Å². The highest BCUT2D eigenvalue weighted by Gasteiger charge is 2.20. The van der Waals surface area contributed by atoms with E-state index in [0.717, 1.165) is 18.4 Å². The van der Waals surface area contributed by atoms with Crippen LogP contribution in [0.4, 0.5) is 5.82 Å². The summed E-state index contributed by atoms with van der Waals surface area (Å²) in [5.74, 6) is 0.650. The van der Waals surface area contributed by atoms with Crippen molar-refractivity contribution >= 4 is 40.1 Å². The zero-order valence-electron chi connectivity index (χ0n) is 13.6. The number of halogens is 2. The molecule has 0 unspecified atom stereocenters. The van der Waals surface area contributed by atoms with Crippen LogP contribution in [0.25, 0.3) is 11.0 Å². The van der Waals surface area contributed by atoms with E-state index in [-0.39, 0.29) is 0 Å². The van der Waals surface area contributed by atoms with E-state index in [2.05, 4.69) is 25.8 Å². The summed E-state index contributed by atoms with van der Waals surface area (Å²) in [6.07, 6.45) is 6.05. The fraction of sp³-hybridized carbons (Fsp3) is 0.412. The zero-order chi connectivity index (χ0) is 17.2. The van der Waals surface area contributed by atoms with Crippen LogP contribution in [0.5, 0.6) is 0 Å². The van der Waals surface area contributed by atoms with Crippen LogP contribution >= 0.6 is 23.2 Å².